The molecule has 4 rings (SSSR count). The van der Waals surface area contributed by atoms with Crippen molar-refractivity contribution in [1.29, 1.82) is 0 Å². The second kappa shape index (κ2) is 6.47. The third-order valence-corrected chi connectivity index (χ3v) is 5.46. The van der Waals surface area contributed by atoms with Crippen molar-refractivity contribution in [3.8, 4) is 0 Å². The van der Waals surface area contributed by atoms with E-state index in [9.17, 15) is 9.59 Å². The third-order valence-electron chi connectivity index (χ3n) is 4.63. The monoisotopic (exact) mass is 360 g/mol. The van der Waals surface area contributed by atoms with Gasteiger partial charge in [-0.3, -0.25) is 14.8 Å². The van der Waals surface area contributed by atoms with Crippen molar-refractivity contribution in [3.63, 3.8) is 0 Å². The van der Waals surface area contributed by atoms with Crippen LogP contribution >= 0.6 is 11.3 Å². The molecule has 2 aromatic heterocycles. The van der Waals surface area contributed by atoms with Gasteiger partial charge in [0.1, 0.15) is 0 Å². The van der Waals surface area contributed by atoms with E-state index in [-0.39, 0.29) is 18.0 Å². The van der Waals surface area contributed by atoms with Crippen molar-refractivity contribution in [1.82, 2.24) is 19.7 Å². The largest absolute Gasteiger partial charge is 0.323 e. The molecular weight excluding hydrogens is 340 g/mol. The SMILES string of the molecule is Cc1cnc(NC(=O)N2CCC(n3cc(N4CCCC4=O)cn3)C2)s1. The van der Waals surface area contributed by atoms with Crippen molar-refractivity contribution in [3.05, 3.63) is 23.5 Å². The van der Waals surface area contributed by atoms with Crippen LogP contribution in [0, 0.1) is 6.92 Å². The standard InChI is InChI=1S/C16H20N6O2S/c1-11-7-17-15(25-11)19-16(24)20-6-4-12(9-20)22-10-13(8-18-22)21-5-2-3-14(21)23/h7-8,10,12H,2-6,9H2,1H3,(H,17,19,24). The molecule has 3 amide bonds. The summed E-state index contributed by atoms with van der Waals surface area (Å²) >= 11 is 1.46. The number of carbonyl (C=O) groups excluding carboxylic acids is 2. The normalized spacial score (nSPS) is 20.5. The number of aromatic nitrogens is 3. The van der Waals surface area contributed by atoms with E-state index in [1.165, 1.54) is 11.3 Å². The molecule has 2 aliphatic rings. The van der Waals surface area contributed by atoms with Crippen molar-refractivity contribution in [2.24, 2.45) is 0 Å². The molecule has 0 aromatic carbocycles. The van der Waals surface area contributed by atoms with Crippen molar-refractivity contribution in [2.45, 2.75) is 32.2 Å². The zero-order valence-electron chi connectivity index (χ0n) is 14.0. The van der Waals surface area contributed by atoms with Crippen LogP contribution in [0.5, 0.6) is 0 Å². The third kappa shape index (κ3) is 3.23. The van der Waals surface area contributed by atoms with Gasteiger partial charge in [0.15, 0.2) is 5.13 Å². The summed E-state index contributed by atoms with van der Waals surface area (Å²) in [5, 5.41) is 7.88. The second-order valence-electron chi connectivity index (χ2n) is 6.42. The summed E-state index contributed by atoms with van der Waals surface area (Å²) in [5.41, 5.74) is 0.851. The molecule has 8 nitrogen and oxygen atoms in total. The van der Waals surface area contributed by atoms with Crippen LogP contribution in [0.2, 0.25) is 0 Å². The Bertz CT molecular complexity index is 800. The first-order chi connectivity index (χ1) is 12.1. The lowest BCUT2D eigenvalue weighted by atomic mass is 10.3. The van der Waals surface area contributed by atoms with Crippen LogP contribution in [0.15, 0.2) is 18.6 Å². The molecule has 0 radical (unpaired) electrons. The number of amides is 3. The van der Waals surface area contributed by atoms with Gasteiger partial charge in [-0.2, -0.15) is 5.10 Å². The number of carbonyl (C=O) groups is 2. The number of nitrogens with zero attached hydrogens (tertiary/aromatic N) is 5. The van der Waals surface area contributed by atoms with Gasteiger partial charge < -0.3 is 9.80 Å². The first-order valence-electron chi connectivity index (χ1n) is 8.43. The van der Waals surface area contributed by atoms with E-state index < -0.39 is 0 Å². The van der Waals surface area contributed by atoms with Crippen molar-refractivity contribution >= 4 is 34.1 Å². The number of likely N-dealkylation sites (tertiary alicyclic amines) is 1. The number of aryl methyl sites for hydroxylation is 1. The lowest BCUT2D eigenvalue weighted by Crippen LogP contribution is -2.33. The fraction of sp³-hybridized carbons (Fsp3) is 0.500. The summed E-state index contributed by atoms with van der Waals surface area (Å²) < 4.78 is 1.88. The molecule has 25 heavy (non-hydrogen) atoms. The summed E-state index contributed by atoms with van der Waals surface area (Å²) in [4.78, 5) is 33.0. The maximum absolute atomic E-state index is 12.4. The Morgan fingerprint density at radius 1 is 1.36 bits per heavy atom. The first-order valence-corrected chi connectivity index (χ1v) is 9.24. The molecule has 4 heterocycles. The number of thiazole rings is 1. The van der Waals surface area contributed by atoms with Crippen LogP contribution in [-0.2, 0) is 4.79 Å². The number of nitrogens with one attached hydrogen (secondary N) is 1. The van der Waals surface area contributed by atoms with E-state index in [1.807, 2.05) is 17.8 Å². The Kier molecular flexibility index (Phi) is 4.16. The Hall–Kier alpha value is -2.42. The Morgan fingerprint density at radius 2 is 2.24 bits per heavy atom. The molecule has 0 bridgehead atoms. The van der Waals surface area contributed by atoms with E-state index in [1.54, 1.807) is 22.2 Å². The molecule has 2 saturated heterocycles. The van der Waals surface area contributed by atoms with Crippen LogP contribution in [0.25, 0.3) is 0 Å². The minimum Gasteiger partial charge on any atom is -0.322 e. The molecule has 0 aliphatic carbocycles. The van der Waals surface area contributed by atoms with Gasteiger partial charge in [0.05, 0.1) is 17.9 Å². The van der Waals surface area contributed by atoms with E-state index in [0.29, 0.717) is 24.6 Å². The molecule has 2 fully saturated rings. The molecule has 0 spiro atoms. The number of anilines is 2. The van der Waals surface area contributed by atoms with Gasteiger partial charge in [-0.25, -0.2) is 9.78 Å². The van der Waals surface area contributed by atoms with E-state index in [0.717, 1.165) is 30.0 Å². The van der Waals surface area contributed by atoms with Crippen LogP contribution in [0.3, 0.4) is 0 Å². The van der Waals surface area contributed by atoms with Crippen LogP contribution in [0.4, 0.5) is 15.6 Å². The minimum atomic E-state index is -0.126. The number of hydrogen-bond donors (Lipinski definition) is 1. The Labute approximate surface area is 149 Å². The Morgan fingerprint density at radius 3 is 2.96 bits per heavy atom. The molecule has 132 valence electrons. The Balaban J connectivity index is 1.38. The highest BCUT2D eigenvalue weighted by Gasteiger charge is 2.29. The highest BCUT2D eigenvalue weighted by atomic mass is 32.1. The molecule has 2 aliphatic heterocycles. The zero-order valence-corrected chi connectivity index (χ0v) is 14.8. The minimum absolute atomic E-state index is 0.126. The predicted octanol–water partition coefficient (Wildman–Crippen LogP) is 2.25. The van der Waals surface area contributed by atoms with Crippen LogP contribution in [0.1, 0.15) is 30.2 Å². The zero-order chi connectivity index (χ0) is 17.4. The summed E-state index contributed by atoms with van der Waals surface area (Å²) in [6.45, 7) is 4.00. The summed E-state index contributed by atoms with van der Waals surface area (Å²) in [6.07, 6.45) is 7.76. The molecule has 2 aromatic rings. The lowest BCUT2D eigenvalue weighted by Gasteiger charge is -2.16. The van der Waals surface area contributed by atoms with E-state index in [4.69, 9.17) is 0 Å². The second-order valence-corrected chi connectivity index (χ2v) is 7.66. The van der Waals surface area contributed by atoms with Gasteiger partial charge in [-0.15, -0.1) is 11.3 Å². The molecule has 0 saturated carbocycles. The molecular formula is C16H20N6O2S. The van der Waals surface area contributed by atoms with Crippen LogP contribution in [-0.4, -0.2) is 51.2 Å². The van der Waals surface area contributed by atoms with Gasteiger partial charge in [0.2, 0.25) is 5.91 Å². The highest BCUT2D eigenvalue weighted by Crippen LogP contribution is 2.26. The molecule has 1 N–H and O–H groups in total. The van der Waals surface area contributed by atoms with Gasteiger partial charge in [0.25, 0.3) is 0 Å². The average Bonchev–Trinajstić information content (AvgIpc) is 3.32. The van der Waals surface area contributed by atoms with E-state index >= 15 is 0 Å². The van der Waals surface area contributed by atoms with Crippen molar-refractivity contribution < 1.29 is 9.59 Å². The summed E-state index contributed by atoms with van der Waals surface area (Å²) in [6, 6.07) is 0.00851. The number of urea groups is 1. The predicted molar refractivity (Wildman–Crippen MR) is 94.9 cm³/mol. The maximum atomic E-state index is 12.4. The maximum Gasteiger partial charge on any atom is 0.323 e. The summed E-state index contributed by atoms with van der Waals surface area (Å²) in [5.74, 6) is 0.158. The number of rotatable bonds is 3. The summed E-state index contributed by atoms with van der Waals surface area (Å²) in [7, 11) is 0. The quantitative estimate of drug-likeness (QED) is 0.910. The van der Waals surface area contributed by atoms with E-state index in [2.05, 4.69) is 15.4 Å². The van der Waals surface area contributed by atoms with Crippen LogP contribution < -0.4 is 10.2 Å². The average molecular weight is 360 g/mol. The first kappa shape index (κ1) is 16.1. The molecule has 1 unspecified atom stereocenters. The lowest BCUT2D eigenvalue weighted by molar-refractivity contribution is -0.117. The smallest absolute Gasteiger partial charge is 0.322 e. The van der Waals surface area contributed by atoms with Gasteiger partial charge >= 0.3 is 6.03 Å². The fourth-order valence-electron chi connectivity index (χ4n) is 3.31. The van der Waals surface area contributed by atoms with Gasteiger partial charge in [-0.05, 0) is 19.8 Å². The topological polar surface area (TPSA) is 83.4 Å². The number of hydrogen-bond acceptors (Lipinski definition) is 5. The van der Waals surface area contributed by atoms with Crippen molar-refractivity contribution in [2.75, 3.05) is 29.9 Å². The highest BCUT2D eigenvalue weighted by molar-refractivity contribution is 7.15. The van der Waals surface area contributed by atoms with Gasteiger partial charge in [-0.1, -0.05) is 0 Å². The molecule has 9 heteroatoms. The molecule has 1 atom stereocenters. The van der Waals surface area contributed by atoms with Gasteiger partial charge in [0, 0.05) is 43.3 Å². The fourth-order valence-corrected chi connectivity index (χ4v) is 3.97.